The van der Waals surface area contributed by atoms with E-state index in [1.165, 1.54) is 25.8 Å². The van der Waals surface area contributed by atoms with Crippen molar-refractivity contribution in [2.75, 3.05) is 11.4 Å². The van der Waals surface area contributed by atoms with Gasteiger partial charge in [-0.15, -0.1) is 0 Å². The third-order valence-corrected chi connectivity index (χ3v) is 5.14. The molecule has 0 aliphatic rings. The molecule has 2 rings (SSSR count). The van der Waals surface area contributed by atoms with Crippen LogP contribution in [0.3, 0.4) is 0 Å². The summed E-state index contributed by atoms with van der Waals surface area (Å²) in [5, 5.41) is 0. The molecule has 0 aliphatic carbocycles. The van der Waals surface area contributed by atoms with Gasteiger partial charge in [0.05, 0.1) is 0 Å². The minimum atomic E-state index is -0.266. The van der Waals surface area contributed by atoms with E-state index in [1.54, 1.807) is 0 Å². The molecule has 0 bridgehead atoms. The predicted octanol–water partition coefficient (Wildman–Crippen LogP) is 4.10. The Kier molecular flexibility index (Phi) is 6.04. The molecule has 3 nitrogen and oxygen atoms in total. The van der Waals surface area contributed by atoms with Gasteiger partial charge in [-0.2, -0.15) is 0 Å². The highest BCUT2D eigenvalue weighted by molar-refractivity contribution is 14.1. The lowest BCUT2D eigenvalue weighted by molar-refractivity contribution is -0.117. The van der Waals surface area contributed by atoms with E-state index in [-0.39, 0.29) is 5.91 Å². The van der Waals surface area contributed by atoms with Crippen molar-refractivity contribution in [3.8, 4) is 0 Å². The molecule has 0 aliphatic heterocycles. The molecule has 0 saturated heterocycles. The Morgan fingerprint density at radius 3 is 2.52 bits per heavy atom. The first-order valence-electron chi connectivity index (χ1n) is 7.72. The zero-order chi connectivity index (χ0) is 17.0. The Labute approximate surface area is 152 Å². The smallest absolute Gasteiger partial charge is 0.219 e. The SMILES string of the molecule is Cc1cccc(N(CCC(N)=O)Cc2cc(C)c(I)cc2C)c1. The lowest BCUT2D eigenvalue weighted by Crippen LogP contribution is -2.28. The number of rotatable bonds is 6. The van der Waals surface area contributed by atoms with Crippen molar-refractivity contribution in [1.29, 1.82) is 0 Å². The number of carbonyl (C=O) groups excluding carboxylic acids is 1. The van der Waals surface area contributed by atoms with E-state index in [4.69, 9.17) is 5.73 Å². The van der Waals surface area contributed by atoms with Crippen molar-refractivity contribution in [2.24, 2.45) is 5.73 Å². The van der Waals surface area contributed by atoms with E-state index >= 15 is 0 Å². The maximum atomic E-state index is 11.2. The van der Waals surface area contributed by atoms with Crippen molar-refractivity contribution in [1.82, 2.24) is 0 Å². The highest BCUT2D eigenvalue weighted by atomic mass is 127. The maximum Gasteiger partial charge on any atom is 0.219 e. The lowest BCUT2D eigenvalue weighted by atomic mass is 10.0. The summed E-state index contributed by atoms with van der Waals surface area (Å²) in [6.07, 6.45) is 0.357. The third-order valence-electron chi connectivity index (χ3n) is 3.97. The summed E-state index contributed by atoms with van der Waals surface area (Å²) in [6, 6.07) is 12.8. The fourth-order valence-electron chi connectivity index (χ4n) is 2.59. The van der Waals surface area contributed by atoms with Gasteiger partial charge in [0.2, 0.25) is 5.91 Å². The van der Waals surface area contributed by atoms with Crippen LogP contribution in [0.15, 0.2) is 36.4 Å². The Hall–Kier alpha value is -1.56. The number of benzene rings is 2. The largest absolute Gasteiger partial charge is 0.370 e. The standard InChI is InChI=1S/C19H23IN2O/c1-13-5-4-6-17(9-13)22(8-7-19(21)23)12-16-10-15(3)18(20)11-14(16)2/h4-6,9-11H,7-8,12H2,1-3H3,(H2,21,23). The first kappa shape index (κ1) is 17.8. The summed E-state index contributed by atoms with van der Waals surface area (Å²) in [4.78, 5) is 13.4. The molecule has 122 valence electrons. The third kappa shape index (κ3) is 4.96. The highest BCUT2D eigenvalue weighted by Crippen LogP contribution is 2.23. The minimum absolute atomic E-state index is 0.266. The summed E-state index contributed by atoms with van der Waals surface area (Å²) in [5.74, 6) is -0.266. The van der Waals surface area contributed by atoms with E-state index in [9.17, 15) is 4.79 Å². The van der Waals surface area contributed by atoms with E-state index < -0.39 is 0 Å². The van der Waals surface area contributed by atoms with E-state index in [1.807, 2.05) is 6.07 Å². The molecular formula is C19H23IN2O. The highest BCUT2D eigenvalue weighted by Gasteiger charge is 2.12. The van der Waals surface area contributed by atoms with Crippen LogP contribution in [0.2, 0.25) is 0 Å². The Morgan fingerprint density at radius 2 is 1.87 bits per heavy atom. The topological polar surface area (TPSA) is 46.3 Å². The molecule has 23 heavy (non-hydrogen) atoms. The van der Waals surface area contributed by atoms with E-state index in [2.05, 4.69) is 78.6 Å². The van der Waals surface area contributed by atoms with Crippen LogP contribution in [0.1, 0.15) is 28.7 Å². The molecule has 2 aromatic rings. The number of halogens is 1. The Bertz CT molecular complexity index is 713. The molecule has 0 saturated carbocycles. The second-order valence-corrected chi connectivity index (χ2v) is 7.17. The van der Waals surface area contributed by atoms with Crippen LogP contribution < -0.4 is 10.6 Å². The molecule has 0 fully saturated rings. The van der Waals surface area contributed by atoms with Crippen molar-refractivity contribution in [3.05, 3.63) is 62.2 Å². The average molecular weight is 422 g/mol. The van der Waals surface area contributed by atoms with Gasteiger partial charge in [-0.25, -0.2) is 0 Å². The van der Waals surface area contributed by atoms with Crippen LogP contribution in [-0.4, -0.2) is 12.5 Å². The van der Waals surface area contributed by atoms with Crippen LogP contribution in [-0.2, 0) is 11.3 Å². The van der Waals surface area contributed by atoms with Crippen molar-refractivity contribution >= 4 is 34.2 Å². The van der Waals surface area contributed by atoms with Gasteiger partial charge in [-0.05, 0) is 83.8 Å². The van der Waals surface area contributed by atoms with Gasteiger partial charge in [0.25, 0.3) is 0 Å². The van der Waals surface area contributed by atoms with Crippen LogP contribution in [0.25, 0.3) is 0 Å². The molecule has 2 N–H and O–H groups in total. The predicted molar refractivity (Wildman–Crippen MR) is 105 cm³/mol. The number of anilines is 1. The Morgan fingerprint density at radius 1 is 1.13 bits per heavy atom. The molecule has 0 aromatic heterocycles. The fourth-order valence-corrected chi connectivity index (χ4v) is 3.21. The number of primary amides is 1. The van der Waals surface area contributed by atoms with Gasteiger partial charge < -0.3 is 10.6 Å². The molecule has 0 spiro atoms. The molecule has 4 heteroatoms. The van der Waals surface area contributed by atoms with E-state index in [0.29, 0.717) is 13.0 Å². The second-order valence-electron chi connectivity index (χ2n) is 6.00. The van der Waals surface area contributed by atoms with Crippen LogP contribution in [0.5, 0.6) is 0 Å². The van der Waals surface area contributed by atoms with Gasteiger partial charge in [-0.3, -0.25) is 4.79 Å². The molecule has 0 heterocycles. The monoisotopic (exact) mass is 422 g/mol. The molecular weight excluding hydrogens is 399 g/mol. The Balaban J connectivity index is 2.30. The van der Waals surface area contributed by atoms with Gasteiger partial charge in [0.15, 0.2) is 0 Å². The van der Waals surface area contributed by atoms with Crippen molar-refractivity contribution < 1.29 is 4.79 Å². The average Bonchev–Trinajstić information content (AvgIpc) is 2.48. The van der Waals surface area contributed by atoms with Crippen molar-refractivity contribution in [3.63, 3.8) is 0 Å². The van der Waals surface area contributed by atoms with Gasteiger partial charge >= 0.3 is 0 Å². The number of hydrogen-bond acceptors (Lipinski definition) is 2. The number of nitrogens with zero attached hydrogens (tertiary/aromatic N) is 1. The minimum Gasteiger partial charge on any atom is -0.370 e. The van der Waals surface area contributed by atoms with Gasteiger partial charge in [0.1, 0.15) is 0 Å². The molecule has 0 atom stereocenters. The van der Waals surface area contributed by atoms with Crippen LogP contribution in [0.4, 0.5) is 5.69 Å². The number of hydrogen-bond donors (Lipinski definition) is 1. The molecule has 2 aromatic carbocycles. The van der Waals surface area contributed by atoms with Crippen LogP contribution >= 0.6 is 22.6 Å². The zero-order valence-electron chi connectivity index (χ0n) is 13.9. The maximum absolute atomic E-state index is 11.2. The molecule has 0 radical (unpaired) electrons. The van der Waals surface area contributed by atoms with E-state index in [0.717, 1.165) is 12.2 Å². The first-order valence-corrected chi connectivity index (χ1v) is 8.80. The summed E-state index contributed by atoms with van der Waals surface area (Å²) < 4.78 is 1.28. The first-order chi connectivity index (χ1) is 10.9. The number of nitrogens with two attached hydrogens (primary N) is 1. The summed E-state index contributed by atoms with van der Waals surface area (Å²) in [6.45, 7) is 7.75. The summed E-state index contributed by atoms with van der Waals surface area (Å²) in [5.41, 5.74) is 11.5. The number of carbonyl (C=O) groups is 1. The fraction of sp³-hybridized carbons (Fsp3) is 0.316. The van der Waals surface area contributed by atoms with Crippen LogP contribution in [0, 0.1) is 24.3 Å². The zero-order valence-corrected chi connectivity index (χ0v) is 16.1. The molecule has 1 amide bonds. The summed E-state index contributed by atoms with van der Waals surface area (Å²) >= 11 is 2.37. The normalized spacial score (nSPS) is 10.6. The van der Waals surface area contributed by atoms with Gasteiger partial charge in [0, 0.05) is 28.8 Å². The number of aryl methyl sites for hydroxylation is 3. The van der Waals surface area contributed by atoms with Crippen molar-refractivity contribution in [2.45, 2.75) is 33.7 Å². The molecule has 0 unspecified atom stereocenters. The van der Waals surface area contributed by atoms with Gasteiger partial charge in [-0.1, -0.05) is 18.2 Å². The number of amides is 1. The summed E-state index contributed by atoms with van der Waals surface area (Å²) in [7, 11) is 0. The lowest BCUT2D eigenvalue weighted by Gasteiger charge is -2.26. The quantitative estimate of drug-likeness (QED) is 0.713. The second kappa shape index (κ2) is 7.81.